The van der Waals surface area contributed by atoms with E-state index in [0.29, 0.717) is 24.5 Å². The van der Waals surface area contributed by atoms with Gasteiger partial charge in [-0.15, -0.1) is 0 Å². The minimum absolute atomic E-state index is 0.0297. The van der Waals surface area contributed by atoms with Crippen molar-refractivity contribution in [1.29, 1.82) is 0 Å². The molecule has 0 saturated heterocycles. The lowest BCUT2D eigenvalue weighted by Crippen LogP contribution is -2.24. The summed E-state index contributed by atoms with van der Waals surface area (Å²) in [6, 6.07) is 10.3. The second-order valence-corrected chi connectivity index (χ2v) is 10.9. The van der Waals surface area contributed by atoms with E-state index in [1.54, 1.807) is 13.0 Å². The molecule has 0 spiro atoms. The fourth-order valence-corrected chi connectivity index (χ4v) is 6.60. The van der Waals surface area contributed by atoms with Crippen molar-refractivity contribution in [3.05, 3.63) is 58.7 Å². The average Bonchev–Trinajstić information content (AvgIpc) is 2.88. The summed E-state index contributed by atoms with van der Waals surface area (Å²) in [5.41, 5.74) is 3.13. The lowest BCUT2D eigenvalue weighted by molar-refractivity contribution is 0.163. The van der Waals surface area contributed by atoms with Gasteiger partial charge in [-0.05, 0) is 99.2 Å². The van der Waals surface area contributed by atoms with Crippen LogP contribution in [0.1, 0.15) is 100 Å². The van der Waals surface area contributed by atoms with Crippen LogP contribution in [0.25, 0.3) is 0 Å². The van der Waals surface area contributed by atoms with Gasteiger partial charge in [-0.25, -0.2) is 0 Å². The van der Waals surface area contributed by atoms with Crippen LogP contribution in [0.4, 0.5) is 8.78 Å². The third kappa shape index (κ3) is 4.83. The Morgan fingerprint density at radius 2 is 1.44 bits per heavy atom. The van der Waals surface area contributed by atoms with Gasteiger partial charge >= 0.3 is 0 Å². The zero-order valence-corrected chi connectivity index (χ0v) is 20.6. The van der Waals surface area contributed by atoms with Crippen LogP contribution in [0.15, 0.2) is 30.3 Å². The Bertz CT molecular complexity index is 970. The molecule has 0 aromatic heterocycles. The smallest absolute Gasteiger partial charge is 0.204 e. The molecule has 1 aliphatic heterocycles. The standard InChI is InChI=1S/C30H38F2O2/c1-3-33-27-18-25-16-17-26(34-30(25)29(32)28(27)31)24-14-12-23(13-15-24)22-10-8-21(9-11-22)20-6-4-19(2)5-7-20/h12-15,18-22,26H,3-11,16-17H2,1-2H3. The first-order valence-corrected chi connectivity index (χ1v) is 13.4. The molecular weight excluding hydrogens is 430 g/mol. The molecule has 1 atom stereocenters. The molecule has 1 unspecified atom stereocenters. The van der Waals surface area contributed by atoms with E-state index in [9.17, 15) is 8.78 Å². The van der Waals surface area contributed by atoms with Crippen LogP contribution in [-0.4, -0.2) is 6.61 Å². The molecule has 3 aliphatic rings. The average molecular weight is 469 g/mol. The zero-order chi connectivity index (χ0) is 23.7. The molecular formula is C30H38F2O2. The quantitative estimate of drug-likeness (QED) is 0.438. The molecule has 34 heavy (non-hydrogen) atoms. The van der Waals surface area contributed by atoms with Gasteiger partial charge in [0.05, 0.1) is 6.61 Å². The summed E-state index contributed by atoms with van der Waals surface area (Å²) in [5, 5.41) is 0. The van der Waals surface area contributed by atoms with Gasteiger partial charge < -0.3 is 9.47 Å². The van der Waals surface area contributed by atoms with Gasteiger partial charge in [0.1, 0.15) is 6.10 Å². The van der Waals surface area contributed by atoms with Crippen molar-refractivity contribution in [2.24, 2.45) is 17.8 Å². The molecule has 0 amide bonds. The van der Waals surface area contributed by atoms with Crippen LogP contribution >= 0.6 is 0 Å². The summed E-state index contributed by atoms with van der Waals surface area (Å²) >= 11 is 0. The molecule has 4 heteroatoms. The molecule has 2 aromatic rings. The Hall–Kier alpha value is -2.10. The Kier molecular flexibility index (Phi) is 7.13. The van der Waals surface area contributed by atoms with Crippen LogP contribution in [0.3, 0.4) is 0 Å². The molecule has 5 rings (SSSR count). The molecule has 2 aliphatic carbocycles. The topological polar surface area (TPSA) is 18.5 Å². The second-order valence-electron chi connectivity index (χ2n) is 10.9. The number of rotatable bonds is 5. The van der Waals surface area contributed by atoms with E-state index >= 15 is 0 Å². The molecule has 2 nitrogen and oxygen atoms in total. The first-order valence-electron chi connectivity index (χ1n) is 13.4. The van der Waals surface area contributed by atoms with Crippen LogP contribution < -0.4 is 9.47 Å². The monoisotopic (exact) mass is 468 g/mol. The van der Waals surface area contributed by atoms with E-state index < -0.39 is 11.6 Å². The molecule has 184 valence electrons. The van der Waals surface area contributed by atoms with Crippen LogP contribution in [0.5, 0.6) is 11.5 Å². The molecule has 0 N–H and O–H groups in total. The molecule has 2 fully saturated rings. The maximum Gasteiger partial charge on any atom is 0.204 e. The number of hydrogen-bond donors (Lipinski definition) is 0. The number of halogens is 2. The summed E-state index contributed by atoms with van der Waals surface area (Å²) in [4.78, 5) is 0. The number of ether oxygens (including phenoxy) is 2. The Morgan fingerprint density at radius 3 is 2.09 bits per heavy atom. The van der Waals surface area contributed by atoms with Crippen molar-refractivity contribution in [2.75, 3.05) is 6.61 Å². The highest BCUT2D eigenvalue weighted by molar-refractivity contribution is 5.45. The zero-order valence-electron chi connectivity index (χ0n) is 20.6. The van der Waals surface area contributed by atoms with Gasteiger partial charge in [-0.3, -0.25) is 0 Å². The Balaban J connectivity index is 1.21. The predicted molar refractivity (Wildman–Crippen MR) is 131 cm³/mol. The highest BCUT2D eigenvalue weighted by atomic mass is 19.2. The number of benzene rings is 2. The molecule has 0 radical (unpaired) electrons. The van der Waals surface area contributed by atoms with Crippen molar-refractivity contribution in [3.63, 3.8) is 0 Å². The van der Waals surface area contributed by atoms with E-state index in [1.165, 1.54) is 56.9 Å². The van der Waals surface area contributed by atoms with Gasteiger partial charge in [-0.1, -0.05) is 44.0 Å². The minimum atomic E-state index is -0.963. The SMILES string of the molecule is CCOc1cc2c(c(F)c1F)OC(c1ccc(C3CCC(C4CCC(C)CC4)CC3)cc1)CC2. The summed E-state index contributed by atoms with van der Waals surface area (Å²) < 4.78 is 40.2. The summed E-state index contributed by atoms with van der Waals surface area (Å²) in [5.74, 6) is 1.56. The summed E-state index contributed by atoms with van der Waals surface area (Å²) in [6.45, 7) is 4.46. The Morgan fingerprint density at radius 1 is 0.824 bits per heavy atom. The fourth-order valence-electron chi connectivity index (χ4n) is 6.60. The van der Waals surface area contributed by atoms with Crippen molar-refractivity contribution < 1.29 is 18.3 Å². The number of aryl methyl sites for hydroxylation is 1. The first-order chi connectivity index (χ1) is 16.5. The van der Waals surface area contributed by atoms with Crippen LogP contribution in [-0.2, 0) is 6.42 Å². The van der Waals surface area contributed by atoms with Gasteiger partial charge in [-0.2, -0.15) is 8.78 Å². The minimum Gasteiger partial charge on any atom is -0.491 e. The van der Waals surface area contributed by atoms with Crippen molar-refractivity contribution >= 4 is 0 Å². The summed E-state index contributed by atoms with van der Waals surface area (Å²) in [7, 11) is 0. The maximum atomic E-state index is 14.7. The molecule has 2 saturated carbocycles. The third-order valence-electron chi connectivity index (χ3n) is 8.72. The first kappa shape index (κ1) is 23.6. The van der Waals surface area contributed by atoms with E-state index in [2.05, 4.69) is 31.2 Å². The van der Waals surface area contributed by atoms with Crippen LogP contribution in [0.2, 0.25) is 0 Å². The van der Waals surface area contributed by atoms with Gasteiger partial charge in [0, 0.05) is 5.56 Å². The van der Waals surface area contributed by atoms with Gasteiger partial charge in [0.25, 0.3) is 0 Å². The largest absolute Gasteiger partial charge is 0.491 e. The maximum absolute atomic E-state index is 14.7. The van der Waals surface area contributed by atoms with E-state index in [1.807, 2.05) is 0 Å². The van der Waals surface area contributed by atoms with Crippen molar-refractivity contribution in [2.45, 2.75) is 90.1 Å². The van der Waals surface area contributed by atoms with Crippen molar-refractivity contribution in [1.82, 2.24) is 0 Å². The predicted octanol–water partition coefficient (Wildman–Crippen LogP) is 8.53. The van der Waals surface area contributed by atoms with E-state index in [-0.39, 0.29) is 17.6 Å². The molecule has 1 heterocycles. The number of fused-ring (bicyclic) bond motifs is 1. The van der Waals surface area contributed by atoms with Crippen LogP contribution in [0, 0.1) is 29.4 Å². The van der Waals surface area contributed by atoms with E-state index in [4.69, 9.17) is 9.47 Å². The lowest BCUT2D eigenvalue weighted by atomic mass is 9.68. The highest BCUT2D eigenvalue weighted by Crippen LogP contribution is 2.45. The second kappa shape index (κ2) is 10.3. The third-order valence-corrected chi connectivity index (χ3v) is 8.72. The van der Waals surface area contributed by atoms with E-state index in [0.717, 1.165) is 29.7 Å². The van der Waals surface area contributed by atoms with Crippen molar-refractivity contribution in [3.8, 4) is 11.5 Å². The molecule has 0 bridgehead atoms. The molecule has 2 aromatic carbocycles. The fraction of sp³-hybridized carbons (Fsp3) is 0.600. The van der Waals surface area contributed by atoms with Gasteiger partial charge in [0.2, 0.25) is 11.6 Å². The Labute approximate surface area is 203 Å². The lowest BCUT2D eigenvalue weighted by Gasteiger charge is -2.37. The van der Waals surface area contributed by atoms with Gasteiger partial charge in [0.15, 0.2) is 11.5 Å². The number of hydrogen-bond acceptors (Lipinski definition) is 2. The normalized spacial score (nSPS) is 29.2. The highest BCUT2D eigenvalue weighted by Gasteiger charge is 2.31. The summed E-state index contributed by atoms with van der Waals surface area (Å²) in [6.07, 6.45) is 12.2.